The first-order valence-corrected chi connectivity index (χ1v) is 8.11. The van der Waals surface area contributed by atoms with Crippen LogP contribution < -0.4 is 5.32 Å². The summed E-state index contributed by atoms with van der Waals surface area (Å²) in [6.45, 7) is 8.77. The van der Waals surface area contributed by atoms with Crippen LogP contribution in [0.4, 0.5) is 0 Å². The van der Waals surface area contributed by atoms with Crippen LogP contribution in [-0.4, -0.2) is 19.2 Å². The van der Waals surface area contributed by atoms with E-state index in [1.165, 1.54) is 24.8 Å². The fourth-order valence-electron chi connectivity index (χ4n) is 3.04. The van der Waals surface area contributed by atoms with Gasteiger partial charge in [0, 0.05) is 6.54 Å². The molecule has 0 radical (unpaired) electrons. The highest BCUT2D eigenvalue weighted by Gasteiger charge is 2.27. The molecule has 20 heavy (non-hydrogen) atoms. The Morgan fingerprint density at radius 1 is 1.15 bits per heavy atom. The summed E-state index contributed by atoms with van der Waals surface area (Å²) in [5, 5.41) is 3.43. The number of hydrogen-bond acceptors (Lipinski definition) is 2. The highest BCUT2D eigenvalue weighted by Crippen LogP contribution is 2.33. The van der Waals surface area contributed by atoms with Gasteiger partial charge in [0.1, 0.15) is 0 Å². The van der Waals surface area contributed by atoms with E-state index in [0.717, 1.165) is 24.9 Å². The molecule has 2 rings (SSSR count). The summed E-state index contributed by atoms with van der Waals surface area (Å²) in [5.74, 6) is 1.63. The zero-order valence-corrected chi connectivity index (χ0v) is 13.1. The summed E-state index contributed by atoms with van der Waals surface area (Å²) in [4.78, 5) is 0. The van der Waals surface area contributed by atoms with Crippen molar-refractivity contribution in [3.63, 3.8) is 0 Å². The molecule has 4 unspecified atom stereocenters. The molecule has 1 fully saturated rings. The lowest BCUT2D eigenvalue weighted by molar-refractivity contribution is -0.0478. The molecule has 2 heteroatoms. The Morgan fingerprint density at radius 3 is 2.55 bits per heavy atom. The van der Waals surface area contributed by atoms with Crippen molar-refractivity contribution in [1.29, 1.82) is 0 Å². The maximum Gasteiger partial charge on any atom is 0.0952 e. The van der Waals surface area contributed by atoms with E-state index in [1.54, 1.807) is 0 Å². The smallest absolute Gasteiger partial charge is 0.0952 e. The molecule has 2 nitrogen and oxygen atoms in total. The number of rotatable bonds is 6. The molecule has 4 atom stereocenters. The summed E-state index contributed by atoms with van der Waals surface area (Å²) in [5.41, 5.74) is 1.29. The first-order chi connectivity index (χ1) is 9.70. The summed E-state index contributed by atoms with van der Waals surface area (Å²) < 4.78 is 6.44. The molecule has 0 spiro atoms. The minimum absolute atomic E-state index is 0.182. The number of likely N-dealkylation sites (N-methyl/N-ethyl adjacent to an activating group) is 1. The Hall–Kier alpha value is -0.860. The van der Waals surface area contributed by atoms with Gasteiger partial charge in [-0.15, -0.1) is 0 Å². The fraction of sp³-hybridized carbons (Fsp3) is 0.667. The molecule has 0 aromatic heterocycles. The molecule has 0 aliphatic heterocycles. The number of ether oxygens (including phenoxy) is 1. The van der Waals surface area contributed by atoms with Gasteiger partial charge in [-0.05, 0) is 43.2 Å². The van der Waals surface area contributed by atoms with E-state index in [1.807, 2.05) is 0 Å². The lowest BCUT2D eigenvalue weighted by atomic mass is 9.80. The molecule has 0 saturated heterocycles. The van der Waals surface area contributed by atoms with Gasteiger partial charge in [-0.25, -0.2) is 0 Å². The molecular weight excluding hydrogens is 246 g/mol. The molecular formula is C18H29NO. The van der Waals surface area contributed by atoms with Crippen molar-refractivity contribution in [1.82, 2.24) is 5.32 Å². The number of nitrogens with one attached hydrogen (secondary N) is 1. The Labute approximate surface area is 123 Å². The Bertz CT molecular complexity index is 378. The molecule has 1 N–H and O–H groups in total. The third-order valence-electron chi connectivity index (χ3n) is 4.66. The fourth-order valence-corrected chi connectivity index (χ4v) is 3.04. The largest absolute Gasteiger partial charge is 0.369 e. The standard InChI is InChI=1S/C18H29NO/c1-4-19-13-18(16-8-6-5-7-9-16)20-17-11-10-14(2)15(3)12-17/h5-9,14-15,17-19H,4,10-13H2,1-3H3. The Morgan fingerprint density at radius 2 is 1.90 bits per heavy atom. The van der Waals surface area contributed by atoms with Gasteiger partial charge in [0.2, 0.25) is 0 Å². The summed E-state index contributed by atoms with van der Waals surface area (Å²) in [7, 11) is 0. The van der Waals surface area contributed by atoms with Gasteiger partial charge in [0.25, 0.3) is 0 Å². The molecule has 0 heterocycles. The van der Waals surface area contributed by atoms with Crippen LogP contribution in [0.25, 0.3) is 0 Å². The molecule has 1 aliphatic rings. The average molecular weight is 275 g/mol. The van der Waals surface area contributed by atoms with E-state index < -0.39 is 0 Å². The predicted octanol–water partition coefficient (Wildman–Crippen LogP) is 4.18. The van der Waals surface area contributed by atoms with E-state index in [0.29, 0.717) is 6.10 Å². The van der Waals surface area contributed by atoms with Gasteiger partial charge >= 0.3 is 0 Å². The van der Waals surface area contributed by atoms with Gasteiger partial charge < -0.3 is 10.1 Å². The van der Waals surface area contributed by atoms with Gasteiger partial charge in [-0.2, -0.15) is 0 Å². The van der Waals surface area contributed by atoms with Gasteiger partial charge in [-0.1, -0.05) is 51.1 Å². The monoisotopic (exact) mass is 275 g/mol. The molecule has 1 aromatic rings. The second-order valence-corrected chi connectivity index (χ2v) is 6.23. The SMILES string of the molecule is CCNCC(OC1CCC(C)C(C)C1)c1ccccc1. The topological polar surface area (TPSA) is 21.3 Å². The minimum atomic E-state index is 0.182. The van der Waals surface area contributed by atoms with Crippen LogP contribution in [0.3, 0.4) is 0 Å². The lowest BCUT2D eigenvalue weighted by Crippen LogP contribution is -2.31. The third-order valence-corrected chi connectivity index (χ3v) is 4.66. The maximum absolute atomic E-state index is 6.44. The van der Waals surface area contributed by atoms with Crippen molar-refractivity contribution in [2.45, 2.75) is 52.2 Å². The van der Waals surface area contributed by atoms with Crippen LogP contribution in [-0.2, 0) is 4.74 Å². The van der Waals surface area contributed by atoms with Crippen molar-refractivity contribution in [3.8, 4) is 0 Å². The lowest BCUT2D eigenvalue weighted by Gasteiger charge is -2.34. The van der Waals surface area contributed by atoms with E-state index >= 15 is 0 Å². The van der Waals surface area contributed by atoms with Crippen molar-refractivity contribution in [3.05, 3.63) is 35.9 Å². The van der Waals surface area contributed by atoms with Crippen molar-refractivity contribution in [2.75, 3.05) is 13.1 Å². The molecule has 1 saturated carbocycles. The van der Waals surface area contributed by atoms with E-state index in [-0.39, 0.29) is 6.10 Å². The summed E-state index contributed by atoms with van der Waals surface area (Å²) in [6, 6.07) is 10.6. The van der Waals surface area contributed by atoms with Gasteiger partial charge in [0.05, 0.1) is 12.2 Å². The summed E-state index contributed by atoms with van der Waals surface area (Å²) >= 11 is 0. The highest BCUT2D eigenvalue weighted by molar-refractivity contribution is 5.18. The van der Waals surface area contributed by atoms with Crippen LogP contribution in [0.5, 0.6) is 0 Å². The predicted molar refractivity (Wildman–Crippen MR) is 84.8 cm³/mol. The average Bonchev–Trinajstić information content (AvgIpc) is 2.48. The van der Waals surface area contributed by atoms with Crippen molar-refractivity contribution < 1.29 is 4.74 Å². The molecule has 112 valence electrons. The van der Waals surface area contributed by atoms with E-state index in [2.05, 4.69) is 56.4 Å². The maximum atomic E-state index is 6.44. The molecule has 0 bridgehead atoms. The highest BCUT2D eigenvalue weighted by atomic mass is 16.5. The van der Waals surface area contributed by atoms with Crippen LogP contribution in [0.1, 0.15) is 51.7 Å². The van der Waals surface area contributed by atoms with Gasteiger partial charge in [-0.3, -0.25) is 0 Å². The first kappa shape index (κ1) is 15.5. The Balaban J connectivity index is 1.97. The third kappa shape index (κ3) is 4.32. The number of benzene rings is 1. The Kier molecular flexibility index (Phi) is 6.06. The van der Waals surface area contributed by atoms with Crippen LogP contribution in [0, 0.1) is 11.8 Å². The van der Waals surface area contributed by atoms with Crippen LogP contribution >= 0.6 is 0 Å². The first-order valence-electron chi connectivity index (χ1n) is 8.11. The van der Waals surface area contributed by atoms with Crippen molar-refractivity contribution >= 4 is 0 Å². The van der Waals surface area contributed by atoms with E-state index in [9.17, 15) is 0 Å². The molecule has 1 aromatic carbocycles. The zero-order chi connectivity index (χ0) is 14.4. The minimum Gasteiger partial charge on any atom is -0.369 e. The second-order valence-electron chi connectivity index (χ2n) is 6.23. The zero-order valence-electron chi connectivity index (χ0n) is 13.1. The summed E-state index contributed by atoms with van der Waals surface area (Å²) in [6.07, 6.45) is 4.32. The van der Waals surface area contributed by atoms with Crippen LogP contribution in [0.15, 0.2) is 30.3 Å². The molecule has 1 aliphatic carbocycles. The second kappa shape index (κ2) is 7.80. The quantitative estimate of drug-likeness (QED) is 0.841. The molecule has 0 amide bonds. The van der Waals surface area contributed by atoms with Crippen LogP contribution in [0.2, 0.25) is 0 Å². The van der Waals surface area contributed by atoms with Gasteiger partial charge in [0.15, 0.2) is 0 Å². The number of hydrogen-bond donors (Lipinski definition) is 1. The van der Waals surface area contributed by atoms with E-state index in [4.69, 9.17) is 4.74 Å². The van der Waals surface area contributed by atoms with Crippen molar-refractivity contribution in [2.24, 2.45) is 11.8 Å². The normalized spacial score (nSPS) is 28.2.